The summed E-state index contributed by atoms with van der Waals surface area (Å²) in [5.41, 5.74) is 1.97. The quantitative estimate of drug-likeness (QED) is 0.926. The first-order valence-corrected chi connectivity index (χ1v) is 8.44. The zero-order valence-corrected chi connectivity index (χ0v) is 14.4. The Kier molecular flexibility index (Phi) is 5.38. The molecule has 0 aromatic heterocycles. The highest BCUT2D eigenvalue weighted by molar-refractivity contribution is 6.30. The lowest BCUT2D eigenvalue weighted by Gasteiger charge is -2.37. The van der Waals surface area contributed by atoms with Crippen molar-refractivity contribution < 1.29 is 9.53 Å². The van der Waals surface area contributed by atoms with Crippen LogP contribution in [0.15, 0.2) is 48.5 Å². The maximum Gasteiger partial charge on any atom is 0.227 e. The number of nitrogens with one attached hydrogen (secondary N) is 1. The van der Waals surface area contributed by atoms with Crippen LogP contribution in [0.2, 0.25) is 5.02 Å². The lowest BCUT2D eigenvalue weighted by atomic mass is 10.0. The molecule has 24 heavy (non-hydrogen) atoms. The number of carbonyl (C=O) groups is 1. The van der Waals surface area contributed by atoms with E-state index in [2.05, 4.69) is 5.32 Å². The van der Waals surface area contributed by atoms with Gasteiger partial charge >= 0.3 is 0 Å². The molecular weight excluding hydrogens is 324 g/mol. The van der Waals surface area contributed by atoms with Crippen molar-refractivity contribution in [2.24, 2.45) is 0 Å². The van der Waals surface area contributed by atoms with Crippen LogP contribution in [0, 0.1) is 0 Å². The minimum atomic E-state index is -0.000317. The third-order valence-electron chi connectivity index (χ3n) is 4.33. The monoisotopic (exact) mass is 344 g/mol. The van der Waals surface area contributed by atoms with Gasteiger partial charge in [0.15, 0.2) is 0 Å². The molecular formula is C19H21ClN2O2. The molecule has 1 heterocycles. The summed E-state index contributed by atoms with van der Waals surface area (Å²) in [6.45, 7) is 2.22. The molecule has 1 aliphatic rings. The van der Waals surface area contributed by atoms with Crippen molar-refractivity contribution in [3.05, 3.63) is 64.7 Å². The summed E-state index contributed by atoms with van der Waals surface area (Å²) in [4.78, 5) is 14.9. The van der Waals surface area contributed by atoms with Gasteiger partial charge in [-0.05, 0) is 23.8 Å². The summed E-state index contributed by atoms with van der Waals surface area (Å²) in [5, 5.41) is 4.05. The van der Waals surface area contributed by atoms with E-state index in [1.54, 1.807) is 7.11 Å². The fourth-order valence-corrected chi connectivity index (χ4v) is 3.33. The number of benzene rings is 2. The van der Waals surface area contributed by atoms with Gasteiger partial charge in [-0.25, -0.2) is 0 Å². The molecule has 2 aromatic rings. The maximum atomic E-state index is 12.9. The highest BCUT2D eigenvalue weighted by atomic mass is 35.5. The molecule has 0 radical (unpaired) electrons. The number of ether oxygens (including phenoxy) is 1. The first-order valence-electron chi connectivity index (χ1n) is 8.06. The molecule has 4 nitrogen and oxygen atoms in total. The fraction of sp³-hybridized carbons (Fsp3) is 0.316. The molecule has 0 aliphatic carbocycles. The van der Waals surface area contributed by atoms with Gasteiger partial charge in [0.1, 0.15) is 5.75 Å². The van der Waals surface area contributed by atoms with Crippen LogP contribution < -0.4 is 10.1 Å². The molecule has 0 spiro atoms. The summed E-state index contributed by atoms with van der Waals surface area (Å²) in [5.74, 6) is 0.853. The molecule has 1 aliphatic heterocycles. The number of rotatable bonds is 4. The van der Waals surface area contributed by atoms with Gasteiger partial charge in [-0.1, -0.05) is 41.9 Å². The molecule has 1 fully saturated rings. The van der Waals surface area contributed by atoms with Crippen LogP contribution in [0.25, 0.3) is 0 Å². The molecule has 1 unspecified atom stereocenters. The molecule has 126 valence electrons. The van der Waals surface area contributed by atoms with E-state index in [-0.39, 0.29) is 11.9 Å². The van der Waals surface area contributed by atoms with Crippen molar-refractivity contribution >= 4 is 17.5 Å². The van der Waals surface area contributed by atoms with Crippen molar-refractivity contribution in [3.63, 3.8) is 0 Å². The zero-order valence-electron chi connectivity index (χ0n) is 13.7. The largest absolute Gasteiger partial charge is 0.496 e. The molecule has 1 saturated heterocycles. The lowest BCUT2D eigenvalue weighted by Crippen LogP contribution is -2.49. The number of carbonyl (C=O) groups excluding carboxylic acids is 1. The Hall–Kier alpha value is -2.04. The van der Waals surface area contributed by atoms with E-state index >= 15 is 0 Å². The molecule has 0 saturated carbocycles. The van der Waals surface area contributed by atoms with Gasteiger partial charge in [0.25, 0.3) is 0 Å². The lowest BCUT2D eigenvalue weighted by molar-refractivity contribution is -0.133. The first kappa shape index (κ1) is 16.8. The average molecular weight is 345 g/mol. The van der Waals surface area contributed by atoms with E-state index in [0.717, 1.165) is 30.0 Å². The van der Waals surface area contributed by atoms with Crippen LogP contribution in [-0.2, 0) is 11.2 Å². The number of para-hydroxylation sites is 1. The highest BCUT2D eigenvalue weighted by Crippen LogP contribution is 2.26. The van der Waals surface area contributed by atoms with E-state index in [1.165, 1.54) is 0 Å². The van der Waals surface area contributed by atoms with Crippen LogP contribution in [0.4, 0.5) is 0 Å². The third kappa shape index (κ3) is 3.71. The van der Waals surface area contributed by atoms with Crippen LogP contribution in [0.3, 0.4) is 0 Å². The second-order valence-corrected chi connectivity index (χ2v) is 6.29. The zero-order chi connectivity index (χ0) is 16.9. The summed E-state index contributed by atoms with van der Waals surface area (Å²) in [6, 6.07) is 15.4. The number of piperazine rings is 1. The van der Waals surface area contributed by atoms with Crippen LogP contribution >= 0.6 is 11.6 Å². The van der Waals surface area contributed by atoms with Gasteiger partial charge in [-0.15, -0.1) is 0 Å². The highest BCUT2D eigenvalue weighted by Gasteiger charge is 2.28. The molecule has 1 atom stereocenters. The number of methoxy groups -OCH3 is 1. The Morgan fingerprint density at radius 1 is 1.29 bits per heavy atom. The summed E-state index contributed by atoms with van der Waals surface area (Å²) in [7, 11) is 1.63. The van der Waals surface area contributed by atoms with Crippen molar-refractivity contribution in [1.29, 1.82) is 0 Å². The summed E-state index contributed by atoms with van der Waals surface area (Å²) < 4.78 is 5.36. The Morgan fingerprint density at radius 3 is 2.92 bits per heavy atom. The minimum Gasteiger partial charge on any atom is -0.496 e. The van der Waals surface area contributed by atoms with Gasteiger partial charge in [0, 0.05) is 30.2 Å². The number of amides is 1. The van der Waals surface area contributed by atoms with Crippen molar-refractivity contribution in [2.75, 3.05) is 26.7 Å². The van der Waals surface area contributed by atoms with Gasteiger partial charge in [0.05, 0.1) is 19.6 Å². The standard InChI is InChI=1S/C19H21ClN2O2/c1-24-18-8-3-2-5-15(18)12-19(23)22-10-9-21-13-17(22)14-6-4-7-16(20)11-14/h2-8,11,17,21H,9-10,12-13H2,1H3. The normalized spacial score (nSPS) is 17.6. The minimum absolute atomic E-state index is 0.000317. The third-order valence-corrected chi connectivity index (χ3v) is 4.57. The molecule has 5 heteroatoms. The number of nitrogens with zero attached hydrogens (tertiary/aromatic N) is 1. The predicted molar refractivity (Wildman–Crippen MR) is 95.5 cm³/mol. The summed E-state index contributed by atoms with van der Waals surface area (Å²) in [6.07, 6.45) is 0.334. The topological polar surface area (TPSA) is 41.6 Å². The molecule has 0 bridgehead atoms. The number of hydrogen-bond acceptors (Lipinski definition) is 3. The van der Waals surface area contributed by atoms with E-state index in [1.807, 2.05) is 53.4 Å². The number of hydrogen-bond donors (Lipinski definition) is 1. The first-order chi connectivity index (χ1) is 11.7. The average Bonchev–Trinajstić information content (AvgIpc) is 2.62. The molecule has 2 aromatic carbocycles. The smallest absolute Gasteiger partial charge is 0.227 e. The Morgan fingerprint density at radius 2 is 2.12 bits per heavy atom. The van der Waals surface area contributed by atoms with E-state index < -0.39 is 0 Å². The molecule has 1 N–H and O–H groups in total. The second-order valence-electron chi connectivity index (χ2n) is 5.85. The molecule has 3 rings (SSSR count). The van der Waals surface area contributed by atoms with Crippen LogP contribution in [-0.4, -0.2) is 37.6 Å². The fourth-order valence-electron chi connectivity index (χ4n) is 3.13. The van der Waals surface area contributed by atoms with Crippen molar-refractivity contribution in [1.82, 2.24) is 10.2 Å². The van der Waals surface area contributed by atoms with Gasteiger partial charge in [0.2, 0.25) is 5.91 Å². The van der Waals surface area contributed by atoms with Crippen molar-refractivity contribution in [3.8, 4) is 5.75 Å². The van der Waals surface area contributed by atoms with Crippen LogP contribution in [0.1, 0.15) is 17.2 Å². The second kappa shape index (κ2) is 7.69. The van der Waals surface area contributed by atoms with E-state index in [9.17, 15) is 4.79 Å². The van der Waals surface area contributed by atoms with Gasteiger partial charge in [-0.2, -0.15) is 0 Å². The van der Waals surface area contributed by atoms with Crippen LogP contribution in [0.5, 0.6) is 5.75 Å². The Bertz CT molecular complexity index is 720. The maximum absolute atomic E-state index is 12.9. The predicted octanol–water partition coefficient (Wildman–Crippen LogP) is 3.06. The van der Waals surface area contributed by atoms with Gasteiger partial charge in [-0.3, -0.25) is 4.79 Å². The van der Waals surface area contributed by atoms with E-state index in [0.29, 0.717) is 18.0 Å². The Labute approximate surface area is 147 Å². The van der Waals surface area contributed by atoms with E-state index in [4.69, 9.17) is 16.3 Å². The SMILES string of the molecule is COc1ccccc1CC(=O)N1CCNCC1c1cccc(Cl)c1. The van der Waals surface area contributed by atoms with Crippen molar-refractivity contribution in [2.45, 2.75) is 12.5 Å². The van der Waals surface area contributed by atoms with Gasteiger partial charge < -0.3 is 15.0 Å². The molecule has 1 amide bonds. The summed E-state index contributed by atoms with van der Waals surface area (Å²) >= 11 is 6.12. The number of halogens is 1. The Balaban J connectivity index is 1.81.